The molecule has 0 spiro atoms. The fourth-order valence-corrected chi connectivity index (χ4v) is 4.91. The number of aryl methyl sites for hydroxylation is 4. The van der Waals surface area contributed by atoms with Crippen molar-refractivity contribution in [1.29, 1.82) is 0 Å². The Morgan fingerprint density at radius 3 is 1.25 bits per heavy atom. The highest BCUT2D eigenvalue weighted by atomic mass is 79.9. The summed E-state index contributed by atoms with van der Waals surface area (Å²) in [5, 5.41) is 2.64. The first-order valence-electron chi connectivity index (χ1n) is 17.9. The summed E-state index contributed by atoms with van der Waals surface area (Å²) < 4.78 is 75.4. The molecule has 4 nitrogen and oxygen atoms in total. The molecule has 5 N–H and O–H groups in total. The van der Waals surface area contributed by atoms with Crippen LogP contribution in [-0.4, -0.2) is 14.1 Å². The Balaban J connectivity index is 0.000000257. The van der Waals surface area contributed by atoms with Crippen molar-refractivity contribution in [2.24, 2.45) is 11.5 Å². The summed E-state index contributed by atoms with van der Waals surface area (Å²) in [5.41, 5.74) is 18.7. The smallest absolute Gasteiger partial charge is 0.388 e. The van der Waals surface area contributed by atoms with Crippen LogP contribution in [0.1, 0.15) is 44.5 Å². The maximum atomic E-state index is 12.7. The highest BCUT2D eigenvalue weighted by Gasteiger charge is 2.31. The molecular formula is C46H51BrF6N4. The molecule has 0 atom stereocenters. The third-order valence-electron chi connectivity index (χ3n) is 8.18. The second-order valence-corrected chi connectivity index (χ2v) is 13.9. The molecule has 0 amide bonds. The molecule has 0 heterocycles. The van der Waals surface area contributed by atoms with Crippen molar-refractivity contribution in [2.45, 2.75) is 53.1 Å². The SMILES string of the molecule is CNc1cccc(C(F)(F)F)c1.Cc1ccc(Br)cc1.Cc1ccc(CN)cc1.Cc1ccc(CN)cc1.Cc1ccc(N(C)c2cccc(C(F)(F)F)c2)cc1. The van der Waals surface area contributed by atoms with Crippen LogP contribution in [0.2, 0.25) is 0 Å². The van der Waals surface area contributed by atoms with Crippen molar-refractivity contribution in [3.8, 4) is 0 Å². The number of anilines is 3. The zero-order valence-electron chi connectivity index (χ0n) is 33.0. The molecule has 0 saturated heterocycles. The number of halogens is 7. The molecule has 0 fully saturated rings. The molecule has 0 radical (unpaired) electrons. The van der Waals surface area contributed by atoms with Crippen LogP contribution in [0, 0.1) is 27.7 Å². The standard InChI is InChI=1S/C15H14F3N.C8H8F3N.2C8H11N.C7H7Br/c1-11-6-8-13(9-7-11)19(2)14-5-3-4-12(10-14)15(16,17)18;1-12-7-4-2-3-6(5-7)8(9,10)11;2*1-7-2-4-8(6-9)5-3-7;1-6-2-4-7(8)5-3-6/h3-10H,1-2H3;2-5,12H,1H3;2*2-5H,6,9H2,1H3;2-5H,1H3. The minimum Gasteiger partial charge on any atom is -0.388 e. The summed E-state index contributed by atoms with van der Waals surface area (Å²) in [5.74, 6) is 0. The summed E-state index contributed by atoms with van der Waals surface area (Å²) in [6, 6.07) is 42.7. The lowest BCUT2D eigenvalue weighted by atomic mass is 10.1. The monoisotopic (exact) mass is 852 g/mol. The van der Waals surface area contributed by atoms with Gasteiger partial charge in [-0.25, -0.2) is 0 Å². The summed E-state index contributed by atoms with van der Waals surface area (Å²) in [6.45, 7) is 9.46. The van der Waals surface area contributed by atoms with Gasteiger partial charge in [0, 0.05) is 48.7 Å². The lowest BCUT2D eigenvalue weighted by molar-refractivity contribution is -0.138. The van der Waals surface area contributed by atoms with Gasteiger partial charge in [-0.2, -0.15) is 26.3 Å². The third-order valence-corrected chi connectivity index (χ3v) is 8.71. The number of hydrogen-bond donors (Lipinski definition) is 3. The van der Waals surface area contributed by atoms with Crippen molar-refractivity contribution >= 4 is 33.0 Å². The number of alkyl halides is 6. The van der Waals surface area contributed by atoms with Gasteiger partial charge in [-0.05, 0) is 99.5 Å². The van der Waals surface area contributed by atoms with E-state index in [1.54, 1.807) is 31.1 Å². The van der Waals surface area contributed by atoms with Crippen LogP contribution in [0.4, 0.5) is 43.4 Å². The molecule has 6 rings (SSSR count). The van der Waals surface area contributed by atoms with Crippen molar-refractivity contribution in [1.82, 2.24) is 0 Å². The van der Waals surface area contributed by atoms with Gasteiger partial charge in [-0.1, -0.05) is 123 Å². The van der Waals surface area contributed by atoms with Crippen molar-refractivity contribution in [3.05, 3.63) is 195 Å². The van der Waals surface area contributed by atoms with Crippen molar-refractivity contribution < 1.29 is 26.3 Å². The van der Waals surface area contributed by atoms with Crippen LogP contribution in [0.3, 0.4) is 0 Å². The summed E-state index contributed by atoms with van der Waals surface area (Å²) in [7, 11) is 3.33. The number of rotatable bonds is 5. The largest absolute Gasteiger partial charge is 0.416 e. The average Bonchev–Trinajstić information content (AvgIpc) is 3.20. The minimum absolute atomic E-state index is 0.463. The Kier molecular flexibility index (Phi) is 20.1. The van der Waals surface area contributed by atoms with Gasteiger partial charge in [0.2, 0.25) is 0 Å². The Bertz CT molecular complexity index is 1950. The fourth-order valence-electron chi connectivity index (χ4n) is 4.64. The van der Waals surface area contributed by atoms with Gasteiger partial charge in [0.25, 0.3) is 0 Å². The molecule has 6 aromatic carbocycles. The van der Waals surface area contributed by atoms with Gasteiger partial charge < -0.3 is 21.7 Å². The molecule has 0 aliphatic heterocycles. The van der Waals surface area contributed by atoms with E-state index in [1.807, 2.05) is 43.3 Å². The number of benzene rings is 6. The van der Waals surface area contributed by atoms with Gasteiger partial charge in [0.05, 0.1) is 11.1 Å². The second kappa shape index (κ2) is 23.8. The molecule has 11 heteroatoms. The molecule has 304 valence electrons. The van der Waals surface area contributed by atoms with Crippen molar-refractivity contribution in [3.63, 3.8) is 0 Å². The van der Waals surface area contributed by atoms with E-state index in [1.165, 1.54) is 39.9 Å². The normalized spacial score (nSPS) is 10.5. The average molecular weight is 854 g/mol. The molecule has 0 saturated carbocycles. The lowest BCUT2D eigenvalue weighted by Gasteiger charge is -2.20. The van der Waals surface area contributed by atoms with Gasteiger partial charge in [0.1, 0.15) is 0 Å². The predicted molar refractivity (Wildman–Crippen MR) is 229 cm³/mol. The minimum atomic E-state index is -4.32. The molecule has 6 aromatic rings. The van der Waals surface area contributed by atoms with E-state index in [0.717, 1.165) is 40.0 Å². The molecule has 57 heavy (non-hydrogen) atoms. The van der Waals surface area contributed by atoms with E-state index in [4.69, 9.17) is 11.5 Å². The fraction of sp³-hybridized carbons (Fsp3) is 0.217. The van der Waals surface area contributed by atoms with Gasteiger partial charge in [0.15, 0.2) is 0 Å². The second-order valence-electron chi connectivity index (χ2n) is 12.9. The summed E-state index contributed by atoms with van der Waals surface area (Å²) in [6.07, 6.45) is -8.57. The van der Waals surface area contributed by atoms with E-state index in [2.05, 4.69) is 103 Å². The quantitative estimate of drug-likeness (QED) is 0.151. The maximum Gasteiger partial charge on any atom is 0.416 e. The van der Waals surface area contributed by atoms with Crippen LogP contribution >= 0.6 is 15.9 Å². The van der Waals surface area contributed by atoms with Crippen molar-refractivity contribution in [2.75, 3.05) is 24.3 Å². The Hall–Kier alpha value is -5.10. The lowest BCUT2D eigenvalue weighted by Crippen LogP contribution is -2.11. The first-order chi connectivity index (χ1) is 26.9. The highest BCUT2D eigenvalue weighted by Crippen LogP contribution is 2.33. The van der Waals surface area contributed by atoms with E-state index in [-0.39, 0.29) is 0 Å². The summed E-state index contributed by atoms with van der Waals surface area (Å²) >= 11 is 3.35. The van der Waals surface area contributed by atoms with Gasteiger partial charge in [-0.3, -0.25) is 0 Å². The maximum absolute atomic E-state index is 12.7. The van der Waals surface area contributed by atoms with E-state index < -0.39 is 23.5 Å². The molecular weight excluding hydrogens is 802 g/mol. The zero-order chi connectivity index (χ0) is 42.6. The van der Waals surface area contributed by atoms with Crippen LogP contribution < -0.4 is 21.7 Å². The Morgan fingerprint density at radius 1 is 0.509 bits per heavy atom. The molecule has 0 aliphatic carbocycles. The van der Waals surface area contributed by atoms with E-state index in [0.29, 0.717) is 24.5 Å². The topological polar surface area (TPSA) is 67.3 Å². The number of hydrogen-bond acceptors (Lipinski definition) is 4. The first-order valence-corrected chi connectivity index (χ1v) is 18.7. The predicted octanol–water partition coefficient (Wildman–Crippen LogP) is 13.2. The van der Waals surface area contributed by atoms with Crippen LogP contribution in [0.15, 0.2) is 150 Å². The number of nitrogens with zero attached hydrogens (tertiary/aromatic N) is 1. The molecule has 0 aliphatic rings. The number of nitrogens with one attached hydrogen (secondary N) is 1. The van der Waals surface area contributed by atoms with Crippen LogP contribution in [0.5, 0.6) is 0 Å². The molecule has 0 bridgehead atoms. The van der Waals surface area contributed by atoms with Gasteiger partial charge in [-0.15, -0.1) is 0 Å². The third kappa shape index (κ3) is 18.6. The number of nitrogens with two attached hydrogens (primary N) is 2. The first kappa shape index (κ1) is 48.0. The highest BCUT2D eigenvalue weighted by molar-refractivity contribution is 9.10. The zero-order valence-corrected chi connectivity index (χ0v) is 34.6. The van der Waals surface area contributed by atoms with Crippen LogP contribution in [-0.2, 0) is 25.4 Å². The van der Waals surface area contributed by atoms with Gasteiger partial charge >= 0.3 is 12.4 Å². The van der Waals surface area contributed by atoms with Crippen LogP contribution in [0.25, 0.3) is 0 Å². The van der Waals surface area contributed by atoms with E-state index >= 15 is 0 Å². The van der Waals surface area contributed by atoms with E-state index in [9.17, 15) is 26.3 Å². The Labute approximate surface area is 341 Å². The molecule has 0 aromatic heterocycles. The Morgan fingerprint density at radius 2 is 0.877 bits per heavy atom. The molecule has 0 unspecified atom stereocenters. The summed E-state index contributed by atoms with van der Waals surface area (Å²) in [4.78, 5) is 1.73.